The van der Waals surface area contributed by atoms with Crippen LogP contribution in [0.1, 0.15) is 37.8 Å². The second-order valence-electron chi connectivity index (χ2n) is 7.75. The third kappa shape index (κ3) is 4.69. The van der Waals surface area contributed by atoms with Crippen molar-refractivity contribution < 1.29 is 4.79 Å². The Labute approximate surface area is 163 Å². The van der Waals surface area contributed by atoms with Crippen LogP contribution in [0, 0.1) is 6.92 Å². The zero-order chi connectivity index (χ0) is 19.4. The number of aryl methyl sites for hydroxylation is 1. The van der Waals surface area contributed by atoms with E-state index in [9.17, 15) is 4.79 Å². The highest BCUT2D eigenvalue weighted by Crippen LogP contribution is 2.22. The van der Waals surface area contributed by atoms with Crippen molar-refractivity contribution in [2.75, 3.05) is 36.4 Å². The first-order valence-corrected chi connectivity index (χ1v) is 9.91. The van der Waals surface area contributed by atoms with Gasteiger partial charge in [-0.05, 0) is 49.1 Å². The topological polar surface area (TPSA) is 35.6 Å². The number of carbonyl (C=O) groups is 1. The second-order valence-corrected chi connectivity index (χ2v) is 7.75. The Balaban J connectivity index is 1.54. The first kappa shape index (κ1) is 19.4. The monoisotopic (exact) mass is 365 g/mol. The standard InChI is InChI=1S/C23H31N3O/c1-17(2)20-9-11-21(12-10-20)24-23(27)19(4)25-13-15-26(16-14-25)22-8-6-5-7-18(22)3/h5-12,17,19H,13-16H2,1-4H3,(H,24,27)/t19-/m0/s1. The number of benzene rings is 2. The number of hydrogen-bond acceptors (Lipinski definition) is 3. The Morgan fingerprint density at radius 2 is 1.56 bits per heavy atom. The van der Waals surface area contributed by atoms with Gasteiger partial charge in [0, 0.05) is 37.6 Å². The zero-order valence-electron chi connectivity index (χ0n) is 16.9. The second kappa shape index (κ2) is 8.57. The van der Waals surface area contributed by atoms with Crippen molar-refractivity contribution in [1.29, 1.82) is 0 Å². The highest BCUT2D eigenvalue weighted by molar-refractivity contribution is 5.94. The van der Waals surface area contributed by atoms with Gasteiger partial charge in [0.15, 0.2) is 0 Å². The van der Waals surface area contributed by atoms with Gasteiger partial charge in [0.1, 0.15) is 0 Å². The number of para-hydroxylation sites is 1. The summed E-state index contributed by atoms with van der Waals surface area (Å²) in [5, 5.41) is 3.06. The Morgan fingerprint density at radius 3 is 2.15 bits per heavy atom. The average Bonchev–Trinajstić information content (AvgIpc) is 2.68. The van der Waals surface area contributed by atoms with Gasteiger partial charge < -0.3 is 10.2 Å². The minimum absolute atomic E-state index is 0.0663. The number of carbonyl (C=O) groups excluding carboxylic acids is 1. The molecule has 1 fully saturated rings. The van der Waals surface area contributed by atoms with Crippen LogP contribution >= 0.6 is 0 Å². The van der Waals surface area contributed by atoms with Crippen LogP contribution in [-0.2, 0) is 4.79 Å². The molecule has 4 nitrogen and oxygen atoms in total. The molecule has 2 aromatic rings. The number of nitrogens with zero attached hydrogens (tertiary/aromatic N) is 2. The maximum absolute atomic E-state index is 12.7. The number of amides is 1. The van der Waals surface area contributed by atoms with Crippen LogP contribution in [-0.4, -0.2) is 43.0 Å². The fraction of sp³-hybridized carbons (Fsp3) is 0.435. The van der Waals surface area contributed by atoms with Crippen LogP contribution in [0.2, 0.25) is 0 Å². The fourth-order valence-corrected chi connectivity index (χ4v) is 3.63. The van der Waals surface area contributed by atoms with Gasteiger partial charge in [0.05, 0.1) is 6.04 Å². The minimum Gasteiger partial charge on any atom is -0.369 e. The van der Waals surface area contributed by atoms with Crippen molar-refractivity contribution in [1.82, 2.24) is 4.90 Å². The Kier molecular flexibility index (Phi) is 6.17. The summed E-state index contributed by atoms with van der Waals surface area (Å²) < 4.78 is 0. The van der Waals surface area contributed by atoms with E-state index >= 15 is 0 Å². The van der Waals surface area contributed by atoms with Gasteiger partial charge in [-0.2, -0.15) is 0 Å². The Morgan fingerprint density at radius 1 is 0.926 bits per heavy atom. The van der Waals surface area contributed by atoms with Gasteiger partial charge in [-0.1, -0.05) is 44.2 Å². The number of piperazine rings is 1. The molecule has 0 saturated carbocycles. The van der Waals surface area contributed by atoms with Gasteiger partial charge >= 0.3 is 0 Å². The molecule has 0 aliphatic carbocycles. The molecule has 1 saturated heterocycles. The number of hydrogen-bond donors (Lipinski definition) is 1. The molecule has 0 unspecified atom stereocenters. The molecule has 1 aliphatic rings. The van der Waals surface area contributed by atoms with Gasteiger partial charge in [-0.15, -0.1) is 0 Å². The van der Waals surface area contributed by atoms with Crippen molar-refractivity contribution in [2.45, 2.75) is 39.7 Å². The van der Waals surface area contributed by atoms with Crippen molar-refractivity contribution in [3.63, 3.8) is 0 Å². The van der Waals surface area contributed by atoms with E-state index in [4.69, 9.17) is 0 Å². The van der Waals surface area contributed by atoms with Crippen LogP contribution in [0.4, 0.5) is 11.4 Å². The number of nitrogens with one attached hydrogen (secondary N) is 1. The molecular weight excluding hydrogens is 334 g/mol. The summed E-state index contributed by atoms with van der Waals surface area (Å²) in [6.07, 6.45) is 0. The Bertz CT molecular complexity index is 761. The lowest BCUT2D eigenvalue weighted by Crippen LogP contribution is -2.53. The van der Waals surface area contributed by atoms with E-state index in [1.165, 1.54) is 16.8 Å². The van der Waals surface area contributed by atoms with Gasteiger partial charge in [0.2, 0.25) is 5.91 Å². The van der Waals surface area contributed by atoms with E-state index in [2.05, 4.69) is 72.3 Å². The summed E-state index contributed by atoms with van der Waals surface area (Å²) in [5.74, 6) is 0.565. The lowest BCUT2D eigenvalue weighted by Gasteiger charge is -2.39. The van der Waals surface area contributed by atoms with Gasteiger partial charge in [0.25, 0.3) is 0 Å². The quantitative estimate of drug-likeness (QED) is 0.860. The molecule has 3 rings (SSSR count). The molecule has 1 amide bonds. The first-order chi connectivity index (χ1) is 13.0. The van der Waals surface area contributed by atoms with Gasteiger partial charge in [-0.25, -0.2) is 0 Å². The van der Waals surface area contributed by atoms with Crippen molar-refractivity contribution >= 4 is 17.3 Å². The lowest BCUT2D eigenvalue weighted by atomic mass is 10.0. The zero-order valence-corrected chi connectivity index (χ0v) is 16.9. The molecule has 1 atom stereocenters. The molecule has 2 aromatic carbocycles. The van der Waals surface area contributed by atoms with E-state index in [-0.39, 0.29) is 11.9 Å². The summed E-state index contributed by atoms with van der Waals surface area (Å²) in [4.78, 5) is 17.4. The number of anilines is 2. The predicted octanol–water partition coefficient (Wildman–Crippen LogP) is 4.27. The summed E-state index contributed by atoms with van der Waals surface area (Å²) in [6, 6.07) is 16.5. The van der Waals surface area contributed by atoms with Crippen molar-refractivity contribution in [2.24, 2.45) is 0 Å². The molecule has 1 aliphatic heterocycles. The largest absolute Gasteiger partial charge is 0.369 e. The van der Waals surface area contributed by atoms with E-state index in [0.29, 0.717) is 5.92 Å². The molecule has 0 spiro atoms. The van der Waals surface area contributed by atoms with Crippen LogP contribution in [0.25, 0.3) is 0 Å². The molecular formula is C23H31N3O. The minimum atomic E-state index is -0.131. The molecule has 0 radical (unpaired) electrons. The molecule has 0 aromatic heterocycles. The van der Waals surface area contributed by atoms with E-state index < -0.39 is 0 Å². The summed E-state index contributed by atoms with van der Waals surface area (Å²) >= 11 is 0. The highest BCUT2D eigenvalue weighted by atomic mass is 16.2. The summed E-state index contributed by atoms with van der Waals surface area (Å²) in [5.41, 5.74) is 4.77. The van der Waals surface area contributed by atoms with Crippen LogP contribution < -0.4 is 10.2 Å². The summed E-state index contributed by atoms with van der Waals surface area (Å²) in [7, 11) is 0. The molecule has 4 heteroatoms. The third-order valence-corrected chi connectivity index (χ3v) is 5.54. The maximum atomic E-state index is 12.7. The molecule has 144 valence electrons. The van der Waals surface area contributed by atoms with Crippen LogP contribution in [0.3, 0.4) is 0 Å². The normalized spacial score (nSPS) is 16.4. The van der Waals surface area contributed by atoms with Crippen LogP contribution in [0.5, 0.6) is 0 Å². The number of rotatable bonds is 5. The third-order valence-electron chi connectivity index (χ3n) is 5.54. The van der Waals surface area contributed by atoms with Crippen LogP contribution in [0.15, 0.2) is 48.5 Å². The first-order valence-electron chi connectivity index (χ1n) is 9.91. The highest BCUT2D eigenvalue weighted by Gasteiger charge is 2.26. The van der Waals surface area contributed by atoms with Crippen molar-refractivity contribution in [3.05, 3.63) is 59.7 Å². The molecule has 27 heavy (non-hydrogen) atoms. The van der Waals surface area contributed by atoms with Gasteiger partial charge in [-0.3, -0.25) is 9.69 Å². The molecule has 1 N–H and O–H groups in total. The Hall–Kier alpha value is -2.33. The lowest BCUT2D eigenvalue weighted by molar-refractivity contribution is -0.120. The predicted molar refractivity (Wildman–Crippen MR) is 114 cm³/mol. The fourth-order valence-electron chi connectivity index (χ4n) is 3.63. The maximum Gasteiger partial charge on any atom is 0.241 e. The summed E-state index contributed by atoms with van der Waals surface area (Å²) in [6.45, 7) is 12.2. The van der Waals surface area contributed by atoms with E-state index in [0.717, 1.165) is 31.9 Å². The van der Waals surface area contributed by atoms with Crippen molar-refractivity contribution in [3.8, 4) is 0 Å². The molecule has 0 bridgehead atoms. The SMILES string of the molecule is Cc1ccccc1N1CCN([C@@H](C)C(=O)Nc2ccc(C(C)C)cc2)CC1. The van der Waals surface area contributed by atoms with E-state index in [1.807, 2.05) is 19.1 Å². The smallest absolute Gasteiger partial charge is 0.241 e. The molecule has 1 heterocycles. The average molecular weight is 366 g/mol. The van der Waals surface area contributed by atoms with E-state index in [1.54, 1.807) is 0 Å².